The molecule has 0 spiro atoms. The summed E-state index contributed by atoms with van der Waals surface area (Å²) in [7, 11) is 0. The van der Waals surface area contributed by atoms with Crippen molar-refractivity contribution in [3.8, 4) is 0 Å². The van der Waals surface area contributed by atoms with Crippen molar-refractivity contribution in [2.24, 2.45) is 0 Å². The summed E-state index contributed by atoms with van der Waals surface area (Å²) < 4.78 is 0. The van der Waals surface area contributed by atoms with Gasteiger partial charge >= 0.3 is 0 Å². The van der Waals surface area contributed by atoms with Crippen molar-refractivity contribution in [1.82, 2.24) is 15.2 Å². The molecule has 1 aromatic rings. The van der Waals surface area contributed by atoms with Crippen LogP contribution >= 0.6 is 0 Å². The van der Waals surface area contributed by atoms with Crippen LogP contribution in [0.2, 0.25) is 0 Å². The molecule has 1 saturated heterocycles. The fourth-order valence-electron chi connectivity index (χ4n) is 1.98. The minimum absolute atomic E-state index is 0.141. The van der Waals surface area contributed by atoms with Crippen LogP contribution in [0.3, 0.4) is 0 Å². The van der Waals surface area contributed by atoms with Crippen LogP contribution in [0.4, 0.5) is 0 Å². The number of aryl methyl sites for hydroxylation is 1. The summed E-state index contributed by atoms with van der Waals surface area (Å²) in [6.07, 6.45) is 1.81. The van der Waals surface area contributed by atoms with E-state index in [2.05, 4.69) is 17.2 Å². The van der Waals surface area contributed by atoms with Crippen LogP contribution in [0.25, 0.3) is 0 Å². The molecule has 4 heteroatoms. The second-order valence-corrected chi connectivity index (χ2v) is 4.07. The molecule has 1 amide bonds. The molecule has 0 bridgehead atoms. The summed E-state index contributed by atoms with van der Waals surface area (Å²) in [4.78, 5) is 17.1. The van der Waals surface area contributed by atoms with E-state index in [-0.39, 0.29) is 11.9 Å². The van der Waals surface area contributed by atoms with Gasteiger partial charge in [0.25, 0.3) is 5.91 Å². The molecule has 2 heterocycles. The minimum Gasteiger partial charge on any atom is -0.365 e. The monoisotopic (exact) mass is 207 g/mol. The Balaban J connectivity index is 2.17. The van der Waals surface area contributed by atoms with Crippen LogP contribution in [0.15, 0.2) is 12.3 Å². The predicted molar refractivity (Wildman–Crippen MR) is 58.9 cm³/mol. The summed E-state index contributed by atoms with van der Waals surface area (Å²) in [5.74, 6) is 0.141. The SMILES string of the molecule is Cc1[nH]ccc1C(=O)N1CCNC[C@@H]1C. The lowest BCUT2D eigenvalue weighted by Crippen LogP contribution is -2.52. The number of aromatic nitrogens is 1. The Kier molecular flexibility index (Phi) is 2.77. The Hall–Kier alpha value is -1.29. The van der Waals surface area contributed by atoms with Gasteiger partial charge in [-0.15, -0.1) is 0 Å². The molecule has 1 fully saturated rings. The molecule has 15 heavy (non-hydrogen) atoms. The van der Waals surface area contributed by atoms with Crippen LogP contribution in [0, 0.1) is 6.92 Å². The van der Waals surface area contributed by atoms with Gasteiger partial charge in [-0.3, -0.25) is 4.79 Å². The highest BCUT2D eigenvalue weighted by Gasteiger charge is 2.25. The molecule has 1 aliphatic rings. The Morgan fingerprint density at radius 2 is 2.40 bits per heavy atom. The summed E-state index contributed by atoms with van der Waals surface area (Å²) >= 11 is 0. The van der Waals surface area contributed by atoms with Crippen LogP contribution < -0.4 is 5.32 Å². The largest absolute Gasteiger partial charge is 0.365 e. The Labute approximate surface area is 89.7 Å². The van der Waals surface area contributed by atoms with Crippen LogP contribution in [0.5, 0.6) is 0 Å². The summed E-state index contributed by atoms with van der Waals surface area (Å²) in [5.41, 5.74) is 1.74. The number of piperazine rings is 1. The molecule has 4 nitrogen and oxygen atoms in total. The lowest BCUT2D eigenvalue weighted by molar-refractivity contribution is 0.0655. The molecule has 1 aliphatic heterocycles. The van der Waals surface area contributed by atoms with Gasteiger partial charge in [-0.2, -0.15) is 0 Å². The number of carbonyl (C=O) groups excluding carboxylic acids is 1. The number of H-pyrrole nitrogens is 1. The Morgan fingerprint density at radius 1 is 1.60 bits per heavy atom. The van der Waals surface area contributed by atoms with E-state index in [4.69, 9.17) is 0 Å². The molecule has 0 radical (unpaired) electrons. The normalized spacial score (nSPS) is 21.7. The van der Waals surface area contributed by atoms with Crippen molar-refractivity contribution in [2.45, 2.75) is 19.9 Å². The van der Waals surface area contributed by atoms with Gasteiger partial charge in [0.2, 0.25) is 0 Å². The molecule has 0 saturated carbocycles. The van der Waals surface area contributed by atoms with E-state index < -0.39 is 0 Å². The summed E-state index contributed by atoms with van der Waals surface area (Å²) in [5, 5.41) is 3.28. The highest BCUT2D eigenvalue weighted by atomic mass is 16.2. The zero-order chi connectivity index (χ0) is 10.8. The molecule has 2 N–H and O–H groups in total. The van der Waals surface area contributed by atoms with Gasteiger partial charge in [-0.05, 0) is 19.9 Å². The maximum atomic E-state index is 12.2. The van der Waals surface area contributed by atoms with E-state index in [1.807, 2.05) is 24.1 Å². The van der Waals surface area contributed by atoms with Crippen molar-refractivity contribution in [1.29, 1.82) is 0 Å². The van der Waals surface area contributed by atoms with E-state index in [9.17, 15) is 4.79 Å². The first-order chi connectivity index (χ1) is 7.20. The molecule has 2 rings (SSSR count). The number of rotatable bonds is 1. The van der Waals surface area contributed by atoms with Crippen LogP contribution in [-0.4, -0.2) is 41.5 Å². The van der Waals surface area contributed by atoms with Crippen molar-refractivity contribution in [3.05, 3.63) is 23.5 Å². The molecule has 0 unspecified atom stereocenters. The maximum Gasteiger partial charge on any atom is 0.255 e. The summed E-state index contributed by atoms with van der Waals surface area (Å²) in [6.45, 7) is 6.57. The van der Waals surface area contributed by atoms with Gasteiger partial charge < -0.3 is 15.2 Å². The third-order valence-corrected chi connectivity index (χ3v) is 2.95. The zero-order valence-corrected chi connectivity index (χ0v) is 9.21. The minimum atomic E-state index is 0.141. The second-order valence-electron chi connectivity index (χ2n) is 4.07. The number of hydrogen-bond donors (Lipinski definition) is 2. The number of amides is 1. The number of hydrogen-bond acceptors (Lipinski definition) is 2. The average molecular weight is 207 g/mol. The van der Waals surface area contributed by atoms with Gasteiger partial charge in [0, 0.05) is 37.6 Å². The van der Waals surface area contributed by atoms with Crippen LogP contribution in [0.1, 0.15) is 23.0 Å². The van der Waals surface area contributed by atoms with Crippen molar-refractivity contribution < 1.29 is 4.79 Å². The van der Waals surface area contributed by atoms with E-state index in [1.165, 1.54) is 0 Å². The first kappa shape index (κ1) is 10.2. The van der Waals surface area contributed by atoms with E-state index in [0.29, 0.717) is 0 Å². The third-order valence-electron chi connectivity index (χ3n) is 2.95. The number of nitrogens with one attached hydrogen (secondary N) is 2. The molecular weight excluding hydrogens is 190 g/mol. The fourth-order valence-corrected chi connectivity index (χ4v) is 1.98. The van der Waals surface area contributed by atoms with Gasteiger partial charge in [-0.25, -0.2) is 0 Å². The van der Waals surface area contributed by atoms with Gasteiger partial charge in [0.05, 0.1) is 5.56 Å². The maximum absolute atomic E-state index is 12.2. The molecule has 82 valence electrons. The smallest absolute Gasteiger partial charge is 0.255 e. The predicted octanol–water partition coefficient (Wildman–Crippen LogP) is 0.757. The average Bonchev–Trinajstić information content (AvgIpc) is 2.64. The zero-order valence-electron chi connectivity index (χ0n) is 9.21. The standard InChI is InChI=1S/C11H17N3O/c1-8-7-12-5-6-14(8)11(15)10-3-4-13-9(10)2/h3-4,8,12-13H,5-7H2,1-2H3/t8-/m0/s1. The summed E-state index contributed by atoms with van der Waals surface area (Å²) in [6, 6.07) is 2.13. The highest BCUT2D eigenvalue weighted by molar-refractivity contribution is 5.95. The van der Waals surface area contributed by atoms with E-state index >= 15 is 0 Å². The fraction of sp³-hybridized carbons (Fsp3) is 0.545. The molecule has 0 aliphatic carbocycles. The number of aromatic amines is 1. The van der Waals surface area contributed by atoms with E-state index in [0.717, 1.165) is 30.9 Å². The lowest BCUT2D eigenvalue weighted by Gasteiger charge is -2.34. The highest BCUT2D eigenvalue weighted by Crippen LogP contribution is 2.12. The molecule has 0 aromatic carbocycles. The topological polar surface area (TPSA) is 48.1 Å². The molecule has 1 aromatic heterocycles. The molecule has 1 atom stereocenters. The number of nitrogens with zero attached hydrogens (tertiary/aromatic N) is 1. The Bertz CT molecular complexity index is 358. The first-order valence-corrected chi connectivity index (χ1v) is 5.36. The third kappa shape index (κ3) is 1.90. The van der Waals surface area contributed by atoms with E-state index in [1.54, 1.807) is 0 Å². The van der Waals surface area contributed by atoms with Gasteiger partial charge in [-0.1, -0.05) is 0 Å². The first-order valence-electron chi connectivity index (χ1n) is 5.36. The van der Waals surface area contributed by atoms with Crippen LogP contribution in [-0.2, 0) is 0 Å². The number of carbonyl (C=O) groups is 1. The van der Waals surface area contributed by atoms with Gasteiger partial charge in [0.15, 0.2) is 0 Å². The van der Waals surface area contributed by atoms with Crippen molar-refractivity contribution in [2.75, 3.05) is 19.6 Å². The quantitative estimate of drug-likeness (QED) is 0.714. The Morgan fingerprint density at radius 3 is 3.00 bits per heavy atom. The van der Waals surface area contributed by atoms with Crippen molar-refractivity contribution >= 4 is 5.91 Å². The van der Waals surface area contributed by atoms with Crippen molar-refractivity contribution in [3.63, 3.8) is 0 Å². The van der Waals surface area contributed by atoms with Gasteiger partial charge in [0.1, 0.15) is 0 Å². The lowest BCUT2D eigenvalue weighted by atomic mass is 10.1. The molecular formula is C11H17N3O. The second kappa shape index (κ2) is 4.06.